The summed E-state index contributed by atoms with van der Waals surface area (Å²) < 4.78 is 0. The Morgan fingerprint density at radius 2 is 1.94 bits per heavy atom. The van der Waals surface area contributed by atoms with Crippen LogP contribution in [0.4, 0.5) is 5.69 Å². The average molecular weight is 423 g/mol. The number of benzene rings is 2. The Balaban J connectivity index is 1.68. The molecule has 0 saturated heterocycles. The number of hydrogen-bond acceptors (Lipinski definition) is 6. The number of amides is 1. The molecule has 1 fully saturated rings. The number of aldehydes is 1. The Morgan fingerprint density at radius 1 is 1.19 bits per heavy atom. The molecule has 0 bridgehead atoms. The molecule has 8 heteroatoms. The Hall–Kier alpha value is -3.55. The minimum atomic E-state index is -0.587. The van der Waals surface area contributed by atoms with Gasteiger partial charge in [-0.25, -0.2) is 0 Å². The Bertz CT molecular complexity index is 983. The summed E-state index contributed by atoms with van der Waals surface area (Å²) in [6, 6.07) is 11.9. The highest BCUT2D eigenvalue weighted by molar-refractivity contribution is 5.92. The lowest BCUT2D eigenvalue weighted by molar-refractivity contribution is -0.385. The first-order valence-electron chi connectivity index (χ1n) is 10.2. The van der Waals surface area contributed by atoms with Crippen LogP contribution in [0.3, 0.4) is 0 Å². The van der Waals surface area contributed by atoms with Gasteiger partial charge in [0.25, 0.3) is 11.6 Å². The van der Waals surface area contributed by atoms with E-state index < -0.39 is 4.92 Å². The number of hydrogen-bond donors (Lipinski definition) is 0. The van der Waals surface area contributed by atoms with Crippen molar-refractivity contribution in [3.05, 3.63) is 63.7 Å². The third-order valence-electron chi connectivity index (χ3n) is 5.59. The van der Waals surface area contributed by atoms with Crippen LogP contribution in [0.15, 0.2) is 47.6 Å². The summed E-state index contributed by atoms with van der Waals surface area (Å²) in [7, 11) is 1.81. The second-order valence-corrected chi connectivity index (χ2v) is 7.54. The number of oxime groups is 1. The van der Waals surface area contributed by atoms with Crippen molar-refractivity contribution in [3.63, 3.8) is 0 Å². The highest BCUT2D eigenvalue weighted by Crippen LogP contribution is 2.27. The van der Waals surface area contributed by atoms with E-state index in [0.717, 1.165) is 31.2 Å². The monoisotopic (exact) mass is 423 g/mol. The maximum absolute atomic E-state index is 12.3. The van der Waals surface area contributed by atoms with Crippen LogP contribution >= 0.6 is 0 Å². The van der Waals surface area contributed by atoms with E-state index in [1.807, 2.05) is 18.2 Å². The molecule has 3 rings (SSSR count). The van der Waals surface area contributed by atoms with Crippen LogP contribution in [-0.2, 0) is 9.63 Å². The van der Waals surface area contributed by atoms with Gasteiger partial charge in [-0.3, -0.25) is 19.7 Å². The average Bonchev–Trinajstić information content (AvgIpc) is 2.81. The quantitative estimate of drug-likeness (QED) is 0.274. The third kappa shape index (κ3) is 5.53. The molecule has 0 spiro atoms. The number of carbonyl (C=O) groups is 2. The fourth-order valence-corrected chi connectivity index (χ4v) is 3.82. The van der Waals surface area contributed by atoms with E-state index in [1.54, 1.807) is 24.1 Å². The van der Waals surface area contributed by atoms with Gasteiger partial charge in [-0.05, 0) is 36.1 Å². The van der Waals surface area contributed by atoms with Crippen LogP contribution in [0.25, 0.3) is 11.1 Å². The SMILES string of the molecule is CN(C(=O)CON=Cc1ccccc1-c1ccc([N+](=O)[O-])c(C=O)c1)C1CCCCC1. The molecule has 0 N–H and O–H groups in total. The van der Waals surface area contributed by atoms with Gasteiger partial charge in [0.2, 0.25) is 0 Å². The smallest absolute Gasteiger partial charge is 0.279 e. The van der Waals surface area contributed by atoms with Crippen molar-refractivity contribution in [2.45, 2.75) is 38.1 Å². The van der Waals surface area contributed by atoms with E-state index in [-0.39, 0.29) is 29.8 Å². The Kier molecular flexibility index (Phi) is 7.48. The molecule has 8 nitrogen and oxygen atoms in total. The summed E-state index contributed by atoms with van der Waals surface area (Å²) in [6.45, 7) is -0.140. The van der Waals surface area contributed by atoms with Crippen LogP contribution in [-0.4, -0.2) is 47.9 Å². The lowest BCUT2D eigenvalue weighted by atomic mass is 9.94. The van der Waals surface area contributed by atoms with Gasteiger partial charge >= 0.3 is 0 Å². The van der Waals surface area contributed by atoms with Gasteiger partial charge in [0.15, 0.2) is 12.9 Å². The second-order valence-electron chi connectivity index (χ2n) is 7.54. The van der Waals surface area contributed by atoms with Gasteiger partial charge in [-0.2, -0.15) is 0 Å². The first-order chi connectivity index (χ1) is 15.0. The Labute approximate surface area is 180 Å². The largest absolute Gasteiger partial charge is 0.386 e. The van der Waals surface area contributed by atoms with Crippen molar-refractivity contribution in [2.24, 2.45) is 5.16 Å². The number of nitro benzene ring substituents is 1. The van der Waals surface area contributed by atoms with Crippen LogP contribution in [0, 0.1) is 10.1 Å². The predicted molar refractivity (Wildman–Crippen MR) is 117 cm³/mol. The third-order valence-corrected chi connectivity index (χ3v) is 5.59. The zero-order valence-corrected chi connectivity index (χ0v) is 17.4. The molecule has 0 aromatic heterocycles. The number of likely N-dealkylation sites (N-methyl/N-ethyl adjacent to an activating group) is 1. The van der Waals surface area contributed by atoms with E-state index in [2.05, 4.69) is 5.16 Å². The zero-order valence-electron chi connectivity index (χ0n) is 17.4. The number of nitrogens with zero attached hydrogens (tertiary/aromatic N) is 3. The fourth-order valence-electron chi connectivity index (χ4n) is 3.82. The first-order valence-corrected chi connectivity index (χ1v) is 10.2. The van der Waals surface area contributed by atoms with E-state index in [1.165, 1.54) is 24.8 Å². The zero-order chi connectivity index (χ0) is 22.2. The van der Waals surface area contributed by atoms with Crippen molar-refractivity contribution in [3.8, 4) is 11.1 Å². The number of rotatable bonds is 8. The van der Waals surface area contributed by atoms with Crippen LogP contribution in [0.5, 0.6) is 0 Å². The number of carbonyl (C=O) groups excluding carboxylic acids is 2. The molecule has 0 unspecified atom stereocenters. The summed E-state index contributed by atoms with van der Waals surface area (Å²) in [4.78, 5) is 41.0. The summed E-state index contributed by atoms with van der Waals surface area (Å²) in [5, 5.41) is 15.0. The number of nitro groups is 1. The maximum Gasteiger partial charge on any atom is 0.279 e. The molecule has 1 aliphatic carbocycles. The van der Waals surface area contributed by atoms with Gasteiger partial charge in [-0.1, -0.05) is 48.7 Å². The summed E-state index contributed by atoms with van der Waals surface area (Å²) in [5.41, 5.74) is 1.83. The topological polar surface area (TPSA) is 102 Å². The van der Waals surface area contributed by atoms with Crippen LogP contribution in [0.2, 0.25) is 0 Å². The molecular formula is C23H25N3O5. The van der Waals surface area contributed by atoms with E-state index >= 15 is 0 Å². The van der Waals surface area contributed by atoms with Gasteiger partial charge in [0.1, 0.15) is 0 Å². The molecular weight excluding hydrogens is 398 g/mol. The highest BCUT2D eigenvalue weighted by atomic mass is 16.6. The summed E-state index contributed by atoms with van der Waals surface area (Å²) in [5.74, 6) is -0.108. The van der Waals surface area contributed by atoms with Crippen molar-refractivity contribution in [1.29, 1.82) is 0 Å². The molecule has 0 radical (unpaired) electrons. The predicted octanol–water partition coefficient (Wildman–Crippen LogP) is 4.22. The molecule has 2 aromatic carbocycles. The first kappa shape index (κ1) is 22.1. The fraction of sp³-hybridized carbons (Fsp3) is 0.348. The van der Waals surface area contributed by atoms with Crippen molar-refractivity contribution < 1.29 is 19.3 Å². The summed E-state index contributed by atoms with van der Waals surface area (Å²) >= 11 is 0. The minimum absolute atomic E-state index is 0.00170. The normalized spacial score (nSPS) is 14.4. The molecule has 1 aliphatic rings. The van der Waals surface area contributed by atoms with E-state index in [0.29, 0.717) is 17.4 Å². The molecule has 31 heavy (non-hydrogen) atoms. The van der Waals surface area contributed by atoms with Crippen molar-refractivity contribution >= 4 is 24.1 Å². The van der Waals surface area contributed by atoms with Gasteiger partial charge in [0, 0.05) is 24.7 Å². The second kappa shape index (κ2) is 10.5. The molecule has 0 aliphatic heterocycles. The molecule has 162 valence electrons. The van der Waals surface area contributed by atoms with Gasteiger partial charge in [-0.15, -0.1) is 0 Å². The highest BCUT2D eigenvalue weighted by Gasteiger charge is 2.22. The molecule has 0 heterocycles. The summed E-state index contributed by atoms with van der Waals surface area (Å²) in [6.07, 6.45) is 7.52. The minimum Gasteiger partial charge on any atom is -0.386 e. The molecule has 1 saturated carbocycles. The lowest BCUT2D eigenvalue weighted by Crippen LogP contribution is -2.40. The molecule has 1 amide bonds. The standard InChI is InChI=1S/C23H25N3O5/c1-25(20-8-3-2-4-9-20)23(28)16-31-24-14-18-7-5-6-10-21(18)17-11-12-22(26(29)30)19(13-17)15-27/h5-7,10-15,20H,2-4,8-9,16H2,1H3. The van der Waals surface area contributed by atoms with Crippen LogP contribution in [0.1, 0.15) is 48.0 Å². The molecule has 0 atom stereocenters. The van der Waals surface area contributed by atoms with Gasteiger partial charge in [0.05, 0.1) is 16.7 Å². The van der Waals surface area contributed by atoms with Crippen molar-refractivity contribution in [1.82, 2.24) is 4.90 Å². The van der Waals surface area contributed by atoms with Gasteiger partial charge < -0.3 is 9.74 Å². The van der Waals surface area contributed by atoms with Crippen molar-refractivity contribution in [2.75, 3.05) is 13.7 Å². The van der Waals surface area contributed by atoms with Crippen LogP contribution < -0.4 is 0 Å². The Morgan fingerprint density at radius 3 is 2.65 bits per heavy atom. The van der Waals surface area contributed by atoms with E-state index in [4.69, 9.17) is 4.84 Å². The maximum atomic E-state index is 12.3. The molecule has 2 aromatic rings. The lowest BCUT2D eigenvalue weighted by Gasteiger charge is -2.30. The van der Waals surface area contributed by atoms with E-state index in [9.17, 15) is 19.7 Å².